The number of rotatable bonds is 4. The van der Waals surface area contributed by atoms with Gasteiger partial charge in [-0.3, -0.25) is 9.59 Å². The fraction of sp³-hybridized carbons (Fsp3) is 0.864. The summed E-state index contributed by atoms with van der Waals surface area (Å²) in [5.74, 6) is 2.78. The summed E-state index contributed by atoms with van der Waals surface area (Å²) in [6.45, 7) is 5.44. The van der Waals surface area contributed by atoms with Crippen molar-refractivity contribution < 1.29 is 14.4 Å². The molecular weight excluding hydrogens is 340 g/mol. The molecule has 0 amide bonds. The Kier molecular flexibility index (Phi) is 4.94. The van der Waals surface area contributed by atoms with Crippen LogP contribution in [0.25, 0.3) is 0 Å². The van der Waals surface area contributed by atoms with Crippen molar-refractivity contribution in [3.63, 3.8) is 0 Å². The van der Waals surface area contributed by atoms with Crippen LogP contribution in [-0.2, 0) is 14.4 Å². The lowest BCUT2D eigenvalue weighted by molar-refractivity contribution is -0.156. The van der Waals surface area contributed by atoms with Gasteiger partial charge in [0, 0.05) is 36.9 Å². The first kappa shape index (κ1) is 19.1. The predicted molar refractivity (Wildman–Crippen MR) is 104 cm³/mol. The van der Waals surface area contributed by atoms with E-state index in [4.69, 9.17) is 10.6 Å². The standard InChI is InChI=1S/C22H34N2O3/c1-21-7-5-14(13-24-27-10-9-23)11-18(21)19(25)12-15-16-3-4-20(26)22(16,2)8-6-17(15)21/h13-18H,3-12,23H2,1-2H3/b24-13-/t14?,15-,16-,17+,18?,21+,22-/m0/s1. The minimum atomic E-state index is -0.158. The Bertz CT molecular complexity index is 647. The summed E-state index contributed by atoms with van der Waals surface area (Å²) in [7, 11) is 0. The molecule has 5 nitrogen and oxygen atoms in total. The first-order valence-electron chi connectivity index (χ1n) is 10.8. The number of carbonyl (C=O) groups is 2. The van der Waals surface area contributed by atoms with Gasteiger partial charge in [0.25, 0.3) is 0 Å². The van der Waals surface area contributed by atoms with Crippen LogP contribution in [-0.4, -0.2) is 30.9 Å². The molecule has 2 N–H and O–H groups in total. The highest BCUT2D eigenvalue weighted by molar-refractivity contribution is 5.88. The summed E-state index contributed by atoms with van der Waals surface area (Å²) in [6.07, 6.45) is 9.48. The molecule has 0 radical (unpaired) electrons. The number of nitrogens with two attached hydrogens (primary N) is 1. The molecular formula is C22H34N2O3. The van der Waals surface area contributed by atoms with Gasteiger partial charge in [-0.15, -0.1) is 0 Å². The molecule has 7 atom stereocenters. The minimum Gasteiger partial charge on any atom is -0.395 e. The van der Waals surface area contributed by atoms with Crippen molar-refractivity contribution in [1.82, 2.24) is 0 Å². The number of carbonyl (C=O) groups excluding carboxylic acids is 2. The van der Waals surface area contributed by atoms with E-state index in [1.807, 2.05) is 6.21 Å². The molecule has 0 saturated heterocycles. The lowest BCUT2D eigenvalue weighted by Crippen LogP contribution is -2.56. The number of nitrogens with zero attached hydrogens (tertiary/aromatic N) is 1. The molecule has 4 saturated carbocycles. The Hall–Kier alpha value is -1.23. The lowest BCUT2D eigenvalue weighted by Gasteiger charge is -2.59. The Labute approximate surface area is 162 Å². The van der Waals surface area contributed by atoms with Crippen LogP contribution < -0.4 is 5.73 Å². The summed E-state index contributed by atoms with van der Waals surface area (Å²) in [4.78, 5) is 30.9. The van der Waals surface area contributed by atoms with Crippen molar-refractivity contribution in [3.05, 3.63) is 0 Å². The van der Waals surface area contributed by atoms with E-state index >= 15 is 0 Å². The van der Waals surface area contributed by atoms with Gasteiger partial charge in [0.15, 0.2) is 0 Å². The third-order valence-corrected chi connectivity index (χ3v) is 8.76. The van der Waals surface area contributed by atoms with Gasteiger partial charge in [-0.05, 0) is 67.6 Å². The molecule has 27 heavy (non-hydrogen) atoms. The summed E-state index contributed by atoms with van der Waals surface area (Å²) in [5.41, 5.74) is 5.36. The fourth-order valence-electron chi connectivity index (χ4n) is 7.21. The SMILES string of the molecule is C[C@]12CCC(/C=N\OCCN)CC1C(=O)C[C@@H]1[C@H]2CC[C@]2(C)C(=O)CC[C@@H]12. The molecule has 5 heteroatoms. The predicted octanol–water partition coefficient (Wildman–Crippen LogP) is 3.35. The number of hydrogen-bond acceptors (Lipinski definition) is 5. The number of Topliss-reactive ketones (excluding diaryl/α,β-unsaturated/α-hetero) is 2. The fourth-order valence-corrected chi connectivity index (χ4v) is 7.21. The van der Waals surface area contributed by atoms with Crippen molar-refractivity contribution in [1.29, 1.82) is 0 Å². The molecule has 0 aromatic heterocycles. The quantitative estimate of drug-likeness (QED) is 0.465. The molecule has 4 rings (SSSR count). The second kappa shape index (κ2) is 6.98. The maximum atomic E-state index is 13.2. The molecule has 0 aliphatic heterocycles. The second-order valence-electron chi connectivity index (χ2n) is 9.93. The van der Waals surface area contributed by atoms with Crippen LogP contribution in [0.1, 0.15) is 65.2 Å². The number of ketones is 2. The molecule has 4 aliphatic rings. The monoisotopic (exact) mass is 374 g/mol. The number of hydrogen-bond donors (Lipinski definition) is 1. The zero-order valence-corrected chi connectivity index (χ0v) is 16.8. The normalized spacial score (nSPS) is 46.9. The van der Waals surface area contributed by atoms with Crippen LogP contribution in [0.15, 0.2) is 5.16 Å². The zero-order chi connectivity index (χ0) is 19.2. The summed E-state index contributed by atoms with van der Waals surface area (Å²) in [6, 6.07) is 0. The average molecular weight is 375 g/mol. The molecule has 4 aliphatic carbocycles. The van der Waals surface area contributed by atoms with Crippen LogP contribution in [0.4, 0.5) is 0 Å². The average Bonchev–Trinajstić information content (AvgIpc) is 2.95. The third kappa shape index (κ3) is 2.97. The number of fused-ring (bicyclic) bond motifs is 5. The Morgan fingerprint density at radius 1 is 1.19 bits per heavy atom. The molecule has 0 bridgehead atoms. The smallest absolute Gasteiger partial charge is 0.139 e. The molecule has 150 valence electrons. The van der Waals surface area contributed by atoms with Gasteiger partial charge in [0.05, 0.1) is 0 Å². The number of oxime groups is 1. The molecule has 0 aromatic carbocycles. The van der Waals surface area contributed by atoms with E-state index in [0.717, 1.165) is 44.9 Å². The summed E-state index contributed by atoms with van der Waals surface area (Å²) >= 11 is 0. The van der Waals surface area contributed by atoms with Crippen LogP contribution >= 0.6 is 0 Å². The van der Waals surface area contributed by atoms with E-state index in [0.29, 0.717) is 54.8 Å². The van der Waals surface area contributed by atoms with Gasteiger partial charge in [-0.25, -0.2) is 0 Å². The third-order valence-electron chi connectivity index (χ3n) is 8.76. The maximum absolute atomic E-state index is 13.2. The molecule has 2 unspecified atom stereocenters. The first-order valence-corrected chi connectivity index (χ1v) is 10.8. The summed E-state index contributed by atoms with van der Waals surface area (Å²) in [5, 5.41) is 4.06. The van der Waals surface area contributed by atoms with E-state index in [1.54, 1.807) is 0 Å². The first-order chi connectivity index (χ1) is 12.9. The Morgan fingerprint density at radius 3 is 2.78 bits per heavy atom. The van der Waals surface area contributed by atoms with Gasteiger partial charge in [-0.2, -0.15) is 0 Å². The Morgan fingerprint density at radius 2 is 2.00 bits per heavy atom. The highest BCUT2D eigenvalue weighted by Gasteiger charge is 2.62. The molecule has 0 aromatic rings. The van der Waals surface area contributed by atoms with Gasteiger partial charge in [0.1, 0.15) is 18.2 Å². The maximum Gasteiger partial charge on any atom is 0.139 e. The Balaban J connectivity index is 1.52. The van der Waals surface area contributed by atoms with Crippen LogP contribution in [0.5, 0.6) is 0 Å². The van der Waals surface area contributed by atoms with Crippen molar-refractivity contribution in [2.24, 2.45) is 51.3 Å². The largest absolute Gasteiger partial charge is 0.395 e. The van der Waals surface area contributed by atoms with E-state index in [1.165, 1.54) is 0 Å². The lowest BCUT2D eigenvalue weighted by atomic mass is 9.44. The van der Waals surface area contributed by atoms with E-state index in [9.17, 15) is 9.59 Å². The summed E-state index contributed by atoms with van der Waals surface area (Å²) < 4.78 is 0. The topological polar surface area (TPSA) is 81.8 Å². The second-order valence-corrected chi connectivity index (χ2v) is 9.93. The van der Waals surface area contributed by atoms with E-state index in [2.05, 4.69) is 19.0 Å². The van der Waals surface area contributed by atoms with Crippen molar-refractivity contribution >= 4 is 17.8 Å². The van der Waals surface area contributed by atoms with Crippen molar-refractivity contribution in [2.45, 2.75) is 65.2 Å². The zero-order valence-electron chi connectivity index (χ0n) is 16.8. The van der Waals surface area contributed by atoms with E-state index < -0.39 is 0 Å². The molecule has 0 heterocycles. The molecule has 4 fully saturated rings. The minimum absolute atomic E-state index is 0.0927. The van der Waals surface area contributed by atoms with Crippen molar-refractivity contribution in [2.75, 3.05) is 13.2 Å². The highest BCUT2D eigenvalue weighted by Crippen LogP contribution is 2.65. The highest BCUT2D eigenvalue weighted by atomic mass is 16.6. The van der Waals surface area contributed by atoms with Crippen molar-refractivity contribution in [3.8, 4) is 0 Å². The van der Waals surface area contributed by atoms with Gasteiger partial charge >= 0.3 is 0 Å². The van der Waals surface area contributed by atoms with Crippen LogP contribution in [0, 0.1) is 40.4 Å². The van der Waals surface area contributed by atoms with Gasteiger partial charge in [-0.1, -0.05) is 19.0 Å². The van der Waals surface area contributed by atoms with E-state index in [-0.39, 0.29) is 16.7 Å². The molecule has 0 spiro atoms. The van der Waals surface area contributed by atoms with Crippen LogP contribution in [0.2, 0.25) is 0 Å². The van der Waals surface area contributed by atoms with Gasteiger partial charge < -0.3 is 10.6 Å². The van der Waals surface area contributed by atoms with Gasteiger partial charge in [0.2, 0.25) is 0 Å². The van der Waals surface area contributed by atoms with Crippen LogP contribution in [0.3, 0.4) is 0 Å².